The van der Waals surface area contributed by atoms with Crippen LogP contribution in [0.4, 0.5) is 5.69 Å². The maximum atomic E-state index is 12.7. The van der Waals surface area contributed by atoms with Crippen molar-refractivity contribution in [3.63, 3.8) is 0 Å². The van der Waals surface area contributed by atoms with Crippen LogP contribution in [0.3, 0.4) is 0 Å². The molecular formula is C18H13Cl2N3O5S. The number of hydrogen-bond donors (Lipinski definition) is 2. The summed E-state index contributed by atoms with van der Waals surface area (Å²) in [5, 5.41) is 13.0. The molecule has 0 radical (unpaired) electrons. The van der Waals surface area contributed by atoms with Gasteiger partial charge in [0.25, 0.3) is 15.6 Å². The number of para-hydroxylation sites is 1. The number of carbonyl (C=O) groups is 1. The van der Waals surface area contributed by atoms with E-state index in [1.165, 1.54) is 42.6 Å². The van der Waals surface area contributed by atoms with Crippen molar-refractivity contribution in [1.82, 2.24) is 9.78 Å². The number of benzene rings is 2. The summed E-state index contributed by atoms with van der Waals surface area (Å²) in [6.45, 7) is 1.59. The fraction of sp³-hybridized carbons (Fsp3) is 0.0556. The molecule has 11 heteroatoms. The molecule has 0 unspecified atom stereocenters. The first-order valence-corrected chi connectivity index (χ1v) is 10.2. The van der Waals surface area contributed by atoms with E-state index in [0.717, 1.165) is 4.68 Å². The Morgan fingerprint density at radius 2 is 1.79 bits per heavy atom. The van der Waals surface area contributed by atoms with E-state index in [1.54, 1.807) is 13.0 Å². The first-order valence-electron chi connectivity index (χ1n) is 8.01. The number of halogens is 2. The number of carboxylic acid groups (broad SMARTS) is 1. The molecule has 0 saturated carbocycles. The highest BCUT2D eigenvalue weighted by Gasteiger charge is 2.20. The first-order chi connectivity index (χ1) is 13.6. The van der Waals surface area contributed by atoms with Crippen LogP contribution in [-0.4, -0.2) is 29.3 Å². The molecule has 0 spiro atoms. The third kappa shape index (κ3) is 4.12. The third-order valence-electron chi connectivity index (χ3n) is 4.01. The summed E-state index contributed by atoms with van der Waals surface area (Å²) in [4.78, 5) is 23.4. The number of rotatable bonds is 5. The van der Waals surface area contributed by atoms with E-state index < -0.39 is 21.6 Å². The summed E-state index contributed by atoms with van der Waals surface area (Å²) < 4.78 is 28.7. The lowest BCUT2D eigenvalue weighted by atomic mass is 10.1. The van der Waals surface area contributed by atoms with Crippen LogP contribution in [0.25, 0.3) is 5.69 Å². The summed E-state index contributed by atoms with van der Waals surface area (Å²) >= 11 is 11.6. The predicted octanol–water partition coefficient (Wildman–Crippen LogP) is 3.35. The Labute approximate surface area is 175 Å². The molecule has 0 aliphatic heterocycles. The zero-order valence-corrected chi connectivity index (χ0v) is 17.1. The molecule has 0 bridgehead atoms. The zero-order chi connectivity index (χ0) is 21.3. The number of hydrogen-bond acceptors (Lipinski definition) is 5. The number of nitrogens with one attached hydrogen (secondary N) is 1. The first kappa shape index (κ1) is 20.8. The van der Waals surface area contributed by atoms with Gasteiger partial charge in [0, 0.05) is 0 Å². The SMILES string of the molecule is Cc1cccc(C(=O)O)c1NS(=O)(=O)c1ccc(-n2ncc(Cl)c(Cl)c2=O)cc1. The van der Waals surface area contributed by atoms with Crippen LogP contribution in [0, 0.1) is 6.92 Å². The van der Waals surface area contributed by atoms with E-state index in [9.17, 15) is 23.1 Å². The molecule has 2 N–H and O–H groups in total. The summed E-state index contributed by atoms with van der Waals surface area (Å²) in [6, 6.07) is 9.66. The number of sulfonamides is 1. The van der Waals surface area contributed by atoms with Gasteiger partial charge < -0.3 is 5.11 Å². The van der Waals surface area contributed by atoms with Crippen molar-refractivity contribution < 1.29 is 18.3 Å². The molecule has 0 amide bonds. The largest absolute Gasteiger partial charge is 0.478 e. The number of nitrogens with zero attached hydrogens (tertiary/aromatic N) is 2. The van der Waals surface area contributed by atoms with Gasteiger partial charge in [0.2, 0.25) is 0 Å². The Morgan fingerprint density at radius 1 is 1.14 bits per heavy atom. The van der Waals surface area contributed by atoms with Crippen LogP contribution in [0.5, 0.6) is 0 Å². The third-order valence-corrected chi connectivity index (χ3v) is 6.12. The molecule has 8 nitrogen and oxygen atoms in total. The zero-order valence-electron chi connectivity index (χ0n) is 14.8. The van der Waals surface area contributed by atoms with E-state index >= 15 is 0 Å². The average molecular weight is 454 g/mol. The second-order valence-electron chi connectivity index (χ2n) is 5.93. The number of anilines is 1. The normalized spacial score (nSPS) is 11.3. The van der Waals surface area contributed by atoms with Gasteiger partial charge in [-0.1, -0.05) is 35.3 Å². The number of aryl methyl sites for hydroxylation is 1. The molecule has 2 aromatic carbocycles. The van der Waals surface area contributed by atoms with Crippen LogP contribution in [0.2, 0.25) is 10.0 Å². The van der Waals surface area contributed by atoms with Crippen LogP contribution >= 0.6 is 23.2 Å². The Balaban J connectivity index is 1.98. The van der Waals surface area contributed by atoms with Crippen molar-refractivity contribution in [2.75, 3.05) is 4.72 Å². The fourth-order valence-electron chi connectivity index (χ4n) is 2.54. The highest BCUT2D eigenvalue weighted by atomic mass is 35.5. The molecular weight excluding hydrogens is 441 g/mol. The lowest BCUT2D eigenvalue weighted by molar-refractivity contribution is 0.0698. The summed E-state index contributed by atoms with van der Waals surface area (Å²) in [5.41, 5.74) is -0.117. The summed E-state index contributed by atoms with van der Waals surface area (Å²) in [5.74, 6) is -1.26. The van der Waals surface area contributed by atoms with Gasteiger partial charge in [-0.3, -0.25) is 9.52 Å². The van der Waals surface area contributed by atoms with Crippen molar-refractivity contribution >= 4 is 44.9 Å². The molecule has 0 aliphatic rings. The van der Waals surface area contributed by atoms with Crippen LogP contribution in [-0.2, 0) is 10.0 Å². The van der Waals surface area contributed by atoms with Crippen molar-refractivity contribution in [3.05, 3.63) is 80.2 Å². The highest BCUT2D eigenvalue weighted by Crippen LogP contribution is 2.25. The van der Waals surface area contributed by atoms with Gasteiger partial charge in [-0.15, -0.1) is 0 Å². The second kappa shape index (κ2) is 7.86. The molecule has 0 atom stereocenters. The molecule has 0 saturated heterocycles. The monoisotopic (exact) mass is 453 g/mol. The van der Waals surface area contributed by atoms with E-state index in [0.29, 0.717) is 5.56 Å². The Kier molecular flexibility index (Phi) is 5.65. The lowest BCUT2D eigenvalue weighted by Gasteiger charge is -2.13. The molecule has 0 aliphatic carbocycles. The van der Waals surface area contributed by atoms with Crippen molar-refractivity contribution in [1.29, 1.82) is 0 Å². The number of aromatic carboxylic acids is 1. The Morgan fingerprint density at radius 3 is 2.41 bits per heavy atom. The topological polar surface area (TPSA) is 118 Å². The lowest BCUT2D eigenvalue weighted by Crippen LogP contribution is -2.21. The van der Waals surface area contributed by atoms with Gasteiger partial charge >= 0.3 is 5.97 Å². The van der Waals surface area contributed by atoms with Gasteiger partial charge in [-0.2, -0.15) is 9.78 Å². The van der Waals surface area contributed by atoms with Crippen LogP contribution < -0.4 is 10.3 Å². The van der Waals surface area contributed by atoms with Gasteiger partial charge in [0.15, 0.2) is 0 Å². The molecule has 3 rings (SSSR count). The van der Waals surface area contributed by atoms with E-state index in [-0.39, 0.29) is 31.9 Å². The maximum absolute atomic E-state index is 12.7. The molecule has 3 aromatic rings. The summed E-state index contributed by atoms with van der Waals surface area (Å²) in [6.07, 6.45) is 1.20. The van der Waals surface area contributed by atoms with E-state index in [1.807, 2.05) is 0 Å². The van der Waals surface area contributed by atoms with Crippen LogP contribution in [0.1, 0.15) is 15.9 Å². The second-order valence-corrected chi connectivity index (χ2v) is 8.39. The van der Waals surface area contributed by atoms with Gasteiger partial charge in [0.05, 0.1) is 33.1 Å². The number of aromatic nitrogens is 2. The quantitative estimate of drug-likeness (QED) is 0.611. The average Bonchev–Trinajstić information content (AvgIpc) is 2.67. The standard InChI is InChI=1S/C18H13Cl2N3O5S/c1-10-3-2-4-13(18(25)26)16(10)22-29(27,28)12-7-5-11(6-8-12)23-17(24)15(20)14(19)9-21-23/h2-9,22H,1H3,(H,25,26). The fourth-order valence-corrected chi connectivity index (χ4v) is 3.94. The molecule has 1 aromatic heterocycles. The van der Waals surface area contributed by atoms with E-state index in [2.05, 4.69) is 9.82 Å². The predicted molar refractivity (Wildman–Crippen MR) is 109 cm³/mol. The van der Waals surface area contributed by atoms with Crippen molar-refractivity contribution in [2.24, 2.45) is 0 Å². The number of carboxylic acids is 1. The smallest absolute Gasteiger partial charge is 0.337 e. The van der Waals surface area contributed by atoms with Crippen molar-refractivity contribution in [3.8, 4) is 5.69 Å². The van der Waals surface area contributed by atoms with Gasteiger partial charge in [0.1, 0.15) is 5.02 Å². The minimum atomic E-state index is -4.08. The maximum Gasteiger partial charge on any atom is 0.337 e. The van der Waals surface area contributed by atoms with E-state index in [4.69, 9.17) is 23.2 Å². The Bertz CT molecular complexity index is 1270. The van der Waals surface area contributed by atoms with Gasteiger partial charge in [-0.25, -0.2) is 13.2 Å². The van der Waals surface area contributed by atoms with Crippen molar-refractivity contribution in [2.45, 2.75) is 11.8 Å². The minimum absolute atomic E-state index is 0.00350. The molecule has 1 heterocycles. The minimum Gasteiger partial charge on any atom is -0.478 e. The molecule has 0 fully saturated rings. The molecule has 29 heavy (non-hydrogen) atoms. The van der Waals surface area contributed by atoms with Gasteiger partial charge in [-0.05, 0) is 42.8 Å². The Hall–Kier alpha value is -2.88. The summed E-state index contributed by atoms with van der Waals surface area (Å²) in [7, 11) is -4.08. The van der Waals surface area contributed by atoms with Crippen LogP contribution in [0.15, 0.2) is 58.4 Å². The highest BCUT2D eigenvalue weighted by molar-refractivity contribution is 7.92. The molecule has 150 valence electrons.